The maximum Gasteiger partial charge on any atom is 0.410 e. The van der Waals surface area contributed by atoms with Gasteiger partial charge in [-0.1, -0.05) is 41.7 Å². The molecule has 0 unspecified atom stereocenters. The van der Waals surface area contributed by atoms with Gasteiger partial charge in [0.25, 0.3) is 0 Å². The SMILES string of the molecule is CSc1nc(-c2ccccc2)nc2sc(OC(N)=O)c(N)c12. The van der Waals surface area contributed by atoms with E-state index in [9.17, 15) is 4.79 Å². The molecule has 0 aliphatic heterocycles. The quantitative estimate of drug-likeness (QED) is 0.564. The van der Waals surface area contributed by atoms with Crippen molar-refractivity contribution in [2.75, 3.05) is 12.0 Å². The highest BCUT2D eigenvalue weighted by Gasteiger charge is 2.19. The lowest BCUT2D eigenvalue weighted by atomic mass is 10.2. The highest BCUT2D eigenvalue weighted by molar-refractivity contribution is 7.98. The lowest BCUT2D eigenvalue weighted by Crippen LogP contribution is -2.16. The number of primary amides is 1. The number of hydrogen-bond acceptors (Lipinski definition) is 7. The van der Waals surface area contributed by atoms with Crippen molar-refractivity contribution < 1.29 is 9.53 Å². The summed E-state index contributed by atoms with van der Waals surface area (Å²) in [5.74, 6) is 0.601. The first-order chi connectivity index (χ1) is 10.6. The Labute approximate surface area is 134 Å². The van der Waals surface area contributed by atoms with E-state index >= 15 is 0 Å². The van der Waals surface area contributed by atoms with Gasteiger partial charge in [0.1, 0.15) is 9.86 Å². The van der Waals surface area contributed by atoms with Crippen LogP contribution in [-0.4, -0.2) is 22.3 Å². The van der Waals surface area contributed by atoms with Crippen molar-refractivity contribution >= 4 is 45.1 Å². The highest BCUT2D eigenvalue weighted by Crippen LogP contribution is 2.43. The van der Waals surface area contributed by atoms with Crippen LogP contribution in [0, 0.1) is 0 Å². The summed E-state index contributed by atoms with van der Waals surface area (Å²) in [6.45, 7) is 0. The number of thioether (sulfide) groups is 1. The summed E-state index contributed by atoms with van der Waals surface area (Å²) in [7, 11) is 0. The van der Waals surface area contributed by atoms with Gasteiger partial charge in [-0.3, -0.25) is 0 Å². The fourth-order valence-corrected chi connectivity index (χ4v) is 3.61. The average Bonchev–Trinajstić information content (AvgIpc) is 2.83. The summed E-state index contributed by atoms with van der Waals surface area (Å²) in [5, 5.41) is 1.67. The predicted molar refractivity (Wildman–Crippen MR) is 89.3 cm³/mol. The highest BCUT2D eigenvalue weighted by atomic mass is 32.2. The normalized spacial score (nSPS) is 10.8. The van der Waals surface area contributed by atoms with Crippen molar-refractivity contribution in [3.05, 3.63) is 30.3 Å². The molecule has 0 aliphatic rings. The van der Waals surface area contributed by atoms with Crippen molar-refractivity contribution in [3.63, 3.8) is 0 Å². The summed E-state index contributed by atoms with van der Waals surface area (Å²) in [5.41, 5.74) is 12.3. The topological polar surface area (TPSA) is 104 Å². The van der Waals surface area contributed by atoms with Crippen LogP contribution in [-0.2, 0) is 0 Å². The molecule has 3 rings (SSSR count). The number of nitrogens with zero attached hydrogens (tertiary/aromatic N) is 2. The van der Waals surface area contributed by atoms with E-state index in [0.29, 0.717) is 21.7 Å². The van der Waals surface area contributed by atoms with E-state index < -0.39 is 6.09 Å². The first-order valence-electron chi connectivity index (χ1n) is 6.27. The number of nitrogens with two attached hydrogens (primary N) is 2. The molecule has 4 N–H and O–H groups in total. The van der Waals surface area contributed by atoms with Crippen molar-refractivity contribution in [2.45, 2.75) is 5.03 Å². The van der Waals surface area contributed by atoms with Crippen molar-refractivity contribution in [2.24, 2.45) is 5.73 Å². The van der Waals surface area contributed by atoms with Crippen molar-refractivity contribution in [3.8, 4) is 16.5 Å². The minimum atomic E-state index is -0.903. The molecule has 2 heterocycles. The van der Waals surface area contributed by atoms with Crippen LogP contribution in [0.25, 0.3) is 21.6 Å². The Morgan fingerprint density at radius 2 is 2.00 bits per heavy atom. The Morgan fingerprint density at radius 3 is 2.64 bits per heavy atom. The second kappa shape index (κ2) is 5.82. The number of fused-ring (bicyclic) bond motifs is 1. The standard InChI is InChI=1S/C14H12N4O2S2/c1-21-11-8-9(15)13(20-14(16)19)22-12(8)18-10(17-11)7-5-3-2-4-6-7/h2-6H,15H2,1H3,(H2,16,19). The van der Waals surface area contributed by atoms with Crippen LogP contribution in [0.3, 0.4) is 0 Å². The zero-order valence-electron chi connectivity index (χ0n) is 11.6. The van der Waals surface area contributed by atoms with Gasteiger partial charge in [-0.05, 0) is 6.26 Å². The minimum absolute atomic E-state index is 0.248. The van der Waals surface area contributed by atoms with E-state index in [1.54, 1.807) is 0 Å². The van der Waals surface area contributed by atoms with Gasteiger partial charge in [-0.15, -0.1) is 11.8 Å². The smallest absolute Gasteiger partial charge is 0.397 e. The Balaban J connectivity index is 2.21. The van der Waals surface area contributed by atoms with E-state index in [2.05, 4.69) is 9.97 Å². The number of nitrogen functional groups attached to an aromatic ring is 1. The molecule has 2 aromatic heterocycles. The average molecular weight is 332 g/mol. The van der Waals surface area contributed by atoms with E-state index in [1.165, 1.54) is 23.1 Å². The van der Waals surface area contributed by atoms with E-state index in [0.717, 1.165) is 10.6 Å². The zero-order chi connectivity index (χ0) is 15.7. The largest absolute Gasteiger partial charge is 0.410 e. The molecule has 0 saturated carbocycles. The second-order valence-corrected chi connectivity index (χ2v) is 6.08. The number of hydrogen-bond donors (Lipinski definition) is 2. The molecule has 112 valence electrons. The van der Waals surface area contributed by atoms with Crippen LogP contribution in [0.4, 0.5) is 10.5 Å². The number of benzene rings is 1. The summed E-state index contributed by atoms with van der Waals surface area (Å²) in [4.78, 5) is 20.7. The van der Waals surface area contributed by atoms with Gasteiger partial charge in [-0.25, -0.2) is 14.8 Å². The Bertz CT molecular complexity index is 849. The van der Waals surface area contributed by atoms with E-state index in [-0.39, 0.29) is 5.06 Å². The van der Waals surface area contributed by atoms with Crippen LogP contribution >= 0.6 is 23.1 Å². The maximum atomic E-state index is 11.0. The fourth-order valence-electron chi connectivity index (χ4n) is 2.00. The number of aromatic nitrogens is 2. The third-order valence-electron chi connectivity index (χ3n) is 2.94. The van der Waals surface area contributed by atoms with Gasteiger partial charge in [0.05, 0.1) is 11.1 Å². The lowest BCUT2D eigenvalue weighted by Gasteiger charge is -2.04. The van der Waals surface area contributed by atoms with Crippen LogP contribution < -0.4 is 16.2 Å². The van der Waals surface area contributed by atoms with Crippen LogP contribution in [0.1, 0.15) is 0 Å². The molecular weight excluding hydrogens is 320 g/mol. The number of anilines is 1. The molecule has 0 aliphatic carbocycles. The fraction of sp³-hybridized carbons (Fsp3) is 0.0714. The van der Waals surface area contributed by atoms with Crippen molar-refractivity contribution in [1.82, 2.24) is 9.97 Å². The Morgan fingerprint density at radius 1 is 1.27 bits per heavy atom. The third-order valence-corrected chi connectivity index (χ3v) is 4.60. The summed E-state index contributed by atoms with van der Waals surface area (Å²) < 4.78 is 4.93. The number of rotatable bonds is 3. The molecule has 1 amide bonds. The van der Waals surface area contributed by atoms with Gasteiger partial charge >= 0.3 is 6.09 Å². The van der Waals surface area contributed by atoms with Gasteiger partial charge in [-0.2, -0.15) is 0 Å². The molecule has 0 radical (unpaired) electrons. The summed E-state index contributed by atoms with van der Waals surface area (Å²) >= 11 is 2.64. The zero-order valence-corrected chi connectivity index (χ0v) is 13.2. The van der Waals surface area contributed by atoms with Gasteiger partial charge in [0.2, 0.25) is 5.06 Å². The first kappa shape index (κ1) is 14.6. The number of carbonyl (C=O) groups excluding carboxylic acids is 1. The molecule has 22 heavy (non-hydrogen) atoms. The number of amides is 1. The van der Waals surface area contributed by atoms with Crippen LogP contribution in [0.2, 0.25) is 0 Å². The summed E-state index contributed by atoms with van der Waals surface area (Å²) in [6, 6.07) is 9.64. The van der Waals surface area contributed by atoms with E-state index in [4.69, 9.17) is 16.2 Å². The Hall–Kier alpha value is -2.32. The minimum Gasteiger partial charge on any atom is -0.397 e. The van der Waals surface area contributed by atoms with Gasteiger partial charge < -0.3 is 16.2 Å². The predicted octanol–water partition coefficient (Wildman–Crippen LogP) is 3.12. The van der Waals surface area contributed by atoms with Crippen LogP contribution in [0.5, 0.6) is 5.06 Å². The van der Waals surface area contributed by atoms with Gasteiger partial charge in [0, 0.05) is 5.56 Å². The van der Waals surface area contributed by atoms with E-state index in [1.807, 2.05) is 36.6 Å². The lowest BCUT2D eigenvalue weighted by molar-refractivity contribution is 0.212. The molecule has 3 aromatic rings. The van der Waals surface area contributed by atoms with Crippen LogP contribution in [0.15, 0.2) is 35.4 Å². The van der Waals surface area contributed by atoms with Gasteiger partial charge in [0.15, 0.2) is 5.82 Å². The second-order valence-electron chi connectivity index (χ2n) is 4.33. The van der Waals surface area contributed by atoms with Crippen molar-refractivity contribution in [1.29, 1.82) is 0 Å². The number of ether oxygens (including phenoxy) is 1. The number of thiophene rings is 1. The maximum absolute atomic E-state index is 11.0. The molecule has 1 aromatic carbocycles. The molecule has 0 bridgehead atoms. The molecule has 0 fully saturated rings. The number of carbonyl (C=O) groups is 1. The molecule has 8 heteroatoms. The molecule has 0 atom stereocenters. The first-order valence-corrected chi connectivity index (χ1v) is 8.31. The third kappa shape index (κ3) is 2.58. The molecule has 0 saturated heterocycles. The molecular formula is C14H12N4O2S2. The monoisotopic (exact) mass is 332 g/mol. The molecule has 0 spiro atoms. The summed E-state index contributed by atoms with van der Waals surface area (Å²) in [6.07, 6.45) is 1.00. The Kier molecular flexibility index (Phi) is 3.86. The molecule has 6 nitrogen and oxygen atoms in total.